The number of carboxylic acids is 1. The molecule has 0 atom stereocenters. The molecule has 1 heterocycles. The van der Waals surface area contributed by atoms with Gasteiger partial charge in [0.1, 0.15) is 0 Å². The van der Waals surface area contributed by atoms with E-state index in [1.54, 1.807) is 49.4 Å². The molecule has 212 valence electrons. The van der Waals surface area contributed by atoms with Crippen LogP contribution in [0.15, 0.2) is 48.2 Å². The standard InChI is InChI=1S/C22H27N5O4S.C2HF3O2/c1-14(20-18-10-5-15(21(23)28)13-19(18)25-22(20)29)24-16-6-8-17(9-7-16)27(32(4,30)31)12-11-26(2)3;3-2(4,5)1(6)7/h5-10,13,24H,11-12H2,1-4H3,(H2,23,28)(H,25,29);(H,6,7)/b20-14-;. The van der Waals surface area contributed by atoms with Gasteiger partial charge in [-0.2, -0.15) is 13.2 Å². The number of hydrogen-bond donors (Lipinski definition) is 4. The summed E-state index contributed by atoms with van der Waals surface area (Å²) >= 11 is 0. The summed E-state index contributed by atoms with van der Waals surface area (Å²) in [5.41, 5.74) is 9.18. The maximum absolute atomic E-state index is 12.5. The van der Waals surface area contributed by atoms with Crippen LogP contribution in [0, 0.1) is 0 Å². The van der Waals surface area contributed by atoms with E-state index in [1.807, 2.05) is 19.0 Å². The van der Waals surface area contributed by atoms with Crippen molar-refractivity contribution in [2.75, 3.05) is 48.4 Å². The fourth-order valence-electron chi connectivity index (χ4n) is 3.47. The molecule has 0 fully saturated rings. The number of fused-ring (bicyclic) bond motifs is 1. The molecule has 15 heteroatoms. The molecule has 0 saturated heterocycles. The molecule has 1 aliphatic heterocycles. The van der Waals surface area contributed by atoms with Gasteiger partial charge >= 0.3 is 12.1 Å². The molecule has 39 heavy (non-hydrogen) atoms. The van der Waals surface area contributed by atoms with Crippen molar-refractivity contribution in [3.05, 3.63) is 59.3 Å². The molecular formula is C24H28F3N5O6S. The van der Waals surface area contributed by atoms with Crippen molar-refractivity contribution in [1.82, 2.24) is 4.90 Å². The largest absolute Gasteiger partial charge is 0.490 e. The second-order valence-electron chi connectivity index (χ2n) is 8.69. The van der Waals surface area contributed by atoms with E-state index in [1.165, 1.54) is 10.6 Å². The van der Waals surface area contributed by atoms with Crippen LogP contribution in [-0.4, -0.2) is 75.8 Å². The molecule has 1 aliphatic rings. The minimum Gasteiger partial charge on any atom is -0.475 e. The number of carbonyl (C=O) groups excluding carboxylic acids is 2. The molecule has 5 N–H and O–H groups in total. The van der Waals surface area contributed by atoms with Gasteiger partial charge in [-0.3, -0.25) is 13.9 Å². The Balaban J connectivity index is 0.000000673. The summed E-state index contributed by atoms with van der Waals surface area (Å²) in [7, 11) is 0.347. The molecule has 0 spiro atoms. The van der Waals surface area contributed by atoms with Crippen molar-refractivity contribution in [2.45, 2.75) is 13.1 Å². The first-order valence-corrected chi connectivity index (χ1v) is 13.0. The Morgan fingerprint density at radius 3 is 2.10 bits per heavy atom. The highest BCUT2D eigenvalue weighted by atomic mass is 32.2. The molecule has 2 amide bonds. The second-order valence-corrected chi connectivity index (χ2v) is 10.6. The zero-order valence-electron chi connectivity index (χ0n) is 21.5. The Morgan fingerprint density at radius 2 is 1.64 bits per heavy atom. The van der Waals surface area contributed by atoms with E-state index in [9.17, 15) is 31.2 Å². The monoisotopic (exact) mass is 571 g/mol. The first-order chi connectivity index (χ1) is 17.9. The number of anilines is 3. The number of carbonyl (C=O) groups is 3. The third-order valence-corrected chi connectivity index (χ3v) is 6.50. The number of rotatable bonds is 8. The van der Waals surface area contributed by atoms with Gasteiger partial charge in [0.25, 0.3) is 5.91 Å². The van der Waals surface area contributed by atoms with E-state index in [0.29, 0.717) is 52.5 Å². The second kappa shape index (κ2) is 12.2. The number of amides is 2. The van der Waals surface area contributed by atoms with Gasteiger partial charge in [0, 0.05) is 41.3 Å². The zero-order valence-corrected chi connectivity index (χ0v) is 22.3. The van der Waals surface area contributed by atoms with E-state index in [2.05, 4.69) is 10.6 Å². The highest BCUT2D eigenvalue weighted by Crippen LogP contribution is 2.35. The van der Waals surface area contributed by atoms with Gasteiger partial charge in [-0.25, -0.2) is 13.2 Å². The third kappa shape index (κ3) is 8.44. The van der Waals surface area contributed by atoms with E-state index in [0.717, 1.165) is 0 Å². The average molecular weight is 572 g/mol. The fraction of sp³-hybridized carbons (Fsp3) is 0.292. The van der Waals surface area contributed by atoms with Crippen molar-refractivity contribution in [1.29, 1.82) is 0 Å². The normalized spacial score (nSPS) is 14.1. The minimum atomic E-state index is -5.08. The van der Waals surface area contributed by atoms with E-state index < -0.39 is 28.1 Å². The van der Waals surface area contributed by atoms with Crippen LogP contribution in [0.5, 0.6) is 0 Å². The number of nitrogens with zero attached hydrogens (tertiary/aromatic N) is 2. The molecule has 11 nitrogen and oxygen atoms in total. The summed E-state index contributed by atoms with van der Waals surface area (Å²) in [6, 6.07) is 11.8. The molecular weight excluding hydrogens is 543 g/mol. The number of aliphatic carboxylic acids is 1. The number of likely N-dealkylation sites (N-methyl/N-ethyl adjacent to an activating group) is 1. The number of nitrogens with two attached hydrogens (primary N) is 1. The molecule has 0 aromatic heterocycles. The lowest BCUT2D eigenvalue weighted by atomic mass is 10.0. The van der Waals surface area contributed by atoms with Crippen molar-refractivity contribution in [3.8, 4) is 0 Å². The third-order valence-electron chi connectivity index (χ3n) is 5.30. The number of halogens is 3. The van der Waals surface area contributed by atoms with Crippen LogP contribution in [0.25, 0.3) is 5.57 Å². The lowest BCUT2D eigenvalue weighted by molar-refractivity contribution is -0.192. The van der Waals surface area contributed by atoms with Gasteiger partial charge in [0.05, 0.1) is 17.5 Å². The molecule has 0 unspecified atom stereocenters. The lowest BCUT2D eigenvalue weighted by Crippen LogP contribution is -2.35. The number of hydrogen-bond acceptors (Lipinski definition) is 7. The summed E-state index contributed by atoms with van der Waals surface area (Å²) in [5.74, 6) is -3.61. The number of carboxylic acid groups (broad SMARTS) is 1. The number of primary amides is 1. The topological polar surface area (TPSA) is 162 Å². The van der Waals surface area contributed by atoms with Crippen molar-refractivity contribution in [2.24, 2.45) is 5.73 Å². The molecule has 3 rings (SSSR count). The summed E-state index contributed by atoms with van der Waals surface area (Å²) in [5, 5.41) is 13.1. The number of benzene rings is 2. The Labute approximate surface area is 223 Å². The number of sulfonamides is 1. The van der Waals surface area contributed by atoms with Crippen molar-refractivity contribution >= 4 is 50.4 Å². The molecule has 2 aromatic carbocycles. The van der Waals surface area contributed by atoms with Crippen LogP contribution in [0.3, 0.4) is 0 Å². The van der Waals surface area contributed by atoms with Gasteiger partial charge < -0.3 is 26.4 Å². The maximum atomic E-state index is 12.5. The lowest BCUT2D eigenvalue weighted by Gasteiger charge is -2.24. The Bertz CT molecular complexity index is 1390. The summed E-state index contributed by atoms with van der Waals surface area (Å²) in [6.45, 7) is 2.70. The van der Waals surface area contributed by atoms with E-state index in [-0.39, 0.29) is 5.91 Å². The van der Waals surface area contributed by atoms with Crippen LogP contribution in [-0.2, 0) is 19.6 Å². The van der Waals surface area contributed by atoms with E-state index >= 15 is 0 Å². The Hall–Kier alpha value is -4.11. The zero-order chi connectivity index (χ0) is 29.7. The first-order valence-electron chi connectivity index (χ1n) is 11.2. The summed E-state index contributed by atoms with van der Waals surface area (Å²) in [4.78, 5) is 34.7. The predicted octanol–water partition coefficient (Wildman–Crippen LogP) is 2.54. The molecule has 2 aromatic rings. The maximum Gasteiger partial charge on any atom is 0.490 e. The molecule has 0 saturated carbocycles. The Morgan fingerprint density at radius 1 is 1.08 bits per heavy atom. The predicted molar refractivity (Wildman–Crippen MR) is 141 cm³/mol. The fourth-order valence-corrected chi connectivity index (χ4v) is 4.38. The number of nitrogens with one attached hydrogen (secondary N) is 2. The highest BCUT2D eigenvalue weighted by Gasteiger charge is 2.38. The van der Waals surface area contributed by atoms with Crippen LogP contribution in [0.4, 0.5) is 30.2 Å². The summed E-state index contributed by atoms with van der Waals surface area (Å²) in [6.07, 6.45) is -3.90. The molecule has 0 bridgehead atoms. The van der Waals surface area contributed by atoms with Crippen molar-refractivity contribution < 1.29 is 41.1 Å². The number of allylic oxidation sites excluding steroid dienone is 1. The van der Waals surface area contributed by atoms with Gasteiger partial charge in [0.2, 0.25) is 15.9 Å². The Kier molecular flexibility index (Phi) is 9.71. The van der Waals surface area contributed by atoms with Gasteiger partial charge in [0.15, 0.2) is 0 Å². The van der Waals surface area contributed by atoms with Gasteiger partial charge in [-0.1, -0.05) is 6.07 Å². The quantitative estimate of drug-likeness (QED) is 0.352. The van der Waals surface area contributed by atoms with E-state index in [4.69, 9.17) is 15.6 Å². The van der Waals surface area contributed by atoms with Crippen molar-refractivity contribution in [3.63, 3.8) is 0 Å². The molecule has 0 radical (unpaired) electrons. The van der Waals surface area contributed by atoms with Gasteiger partial charge in [-0.15, -0.1) is 0 Å². The average Bonchev–Trinajstić information content (AvgIpc) is 3.13. The number of alkyl halides is 3. The first kappa shape index (κ1) is 31.1. The summed E-state index contributed by atoms with van der Waals surface area (Å²) < 4.78 is 57.5. The smallest absolute Gasteiger partial charge is 0.475 e. The molecule has 0 aliphatic carbocycles. The van der Waals surface area contributed by atoms with Crippen LogP contribution in [0.2, 0.25) is 0 Å². The SMILES string of the molecule is C/C(Nc1ccc(N(CCN(C)C)S(C)(=O)=O)cc1)=C1/C(=O)Nc2cc(C(N)=O)ccc21.O=C(O)C(F)(F)F. The van der Waals surface area contributed by atoms with Crippen LogP contribution >= 0.6 is 0 Å². The van der Waals surface area contributed by atoms with Crippen LogP contribution < -0.4 is 20.7 Å². The highest BCUT2D eigenvalue weighted by molar-refractivity contribution is 7.92. The van der Waals surface area contributed by atoms with Gasteiger partial charge in [-0.05, 0) is 57.4 Å². The minimum absolute atomic E-state index is 0.282. The van der Waals surface area contributed by atoms with Crippen LogP contribution in [0.1, 0.15) is 22.8 Å².